The van der Waals surface area contributed by atoms with Crippen molar-refractivity contribution in [3.63, 3.8) is 0 Å². The average molecular weight is 434 g/mol. The number of likely N-dealkylation sites (tertiary alicyclic amines) is 1. The van der Waals surface area contributed by atoms with E-state index in [2.05, 4.69) is 30.0 Å². The summed E-state index contributed by atoms with van der Waals surface area (Å²) < 4.78 is 19.2. The molecule has 0 unspecified atom stereocenters. The first-order valence-electron chi connectivity index (χ1n) is 12.5. The number of ketones is 1. The summed E-state index contributed by atoms with van der Waals surface area (Å²) in [6.07, 6.45) is 8.82. The highest BCUT2D eigenvalue weighted by Gasteiger charge is 2.90. The van der Waals surface area contributed by atoms with Gasteiger partial charge < -0.3 is 14.2 Å². The van der Waals surface area contributed by atoms with Gasteiger partial charge in [0.15, 0.2) is 17.3 Å². The van der Waals surface area contributed by atoms with Crippen LogP contribution < -0.4 is 9.47 Å². The maximum atomic E-state index is 13.6. The molecule has 0 aromatic heterocycles. The summed E-state index contributed by atoms with van der Waals surface area (Å²) in [4.78, 5) is 16.3. The van der Waals surface area contributed by atoms with E-state index >= 15 is 0 Å². The van der Waals surface area contributed by atoms with E-state index in [-0.39, 0.29) is 16.9 Å². The molecular formula is C27H31NO4. The van der Waals surface area contributed by atoms with E-state index in [0.717, 1.165) is 55.2 Å². The number of piperidine rings is 1. The third-order valence-corrected chi connectivity index (χ3v) is 10.9. The van der Waals surface area contributed by atoms with Crippen LogP contribution in [0.2, 0.25) is 0 Å². The summed E-state index contributed by atoms with van der Waals surface area (Å²) >= 11 is 0. The molecule has 0 N–H and O–H groups in total. The lowest BCUT2D eigenvalue weighted by atomic mass is 9.27. The summed E-state index contributed by atoms with van der Waals surface area (Å²) in [5, 5.41) is 0. The molecule has 168 valence electrons. The largest absolute Gasteiger partial charge is 0.493 e. The number of hydrogen-bond acceptors (Lipinski definition) is 5. The fourth-order valence-electron chi connectivity index (χ4n) is 9.59. The minimum atomic E-state index is -0.636. The van der Waals surface area contributed by atoms with Crippen LogP contribution in [-0.2, 0) is 21.4 Å². The van der Waals surface area contributed by atoms with Gasteiger partial charge in [-0.15, -0.1) is 0 Å². The fourth-order valence-corrected chi connectivity index (χ4v) is 9.59. The molecule has 9 aliphatic rings. The topological polar surface area (TPSA) is 48.0 Å². The van der Waals surface area contributed by atoms with Gasteiger partial charge in [0.1, 0.15) is 11.7 Å². The Morgan fingerprint density at radius 1 is 1.25 bits per heavy atom. The molecule has 0 radical (unpaired) electrons. The molecule has 10 rings (SSSR count). The molecule has 5 nitrogen and oxygen atoms in total. The van der Waals surface area contributed by atoms with Crippen molar-refractivity contribution >= 4 is 5.78 Å². The second-order valence-corrected chi connectivity index (χ2v) is 11.5. The monoisotopic (exact) mass is 433 g/mol. The number of rotatable bonds is 5. The Bertz CT molecular complexity index is 1140. The van der Waals surface area contributed by atoms with E-state index in [4.69, 9.17) is 14.2 Å². The van der Waals surface area contributed by atoms with Gasteiger partial charge in [0, 0.05) is 36.2 Å². The fraction of sp³-hybridized carbons (Fsp3) is 0.667. The lowest BCUT2D eigenvalue weighted by Crippen LogP contribution is -2.89. The van der Waals surface area contributed by atoms with E-state index in [1.165, 1.54) is 30.5 Å². The third-order valence-electron chi connectivity index (χ3n) is 10.9. The van der Waals surface area contributed by atoms with Crippen LogP contribution >= 0.6 is 0 Å². The summed E-state index contributed by atoms with van der Waals surface area (Å²) in [6.45, 7) is 4.49. The lowest BCUT2D eigenvalue weighted by molar-refractivity contribution is -0.273. The van der Waals surface area contributed by atoms with Crippen molar-refractivity contribution in [1.82, 2.24) is 4.90 Å². The molecule has 32 heavy (non-hydrogen) atoms. The number of methoxy groups -OCH3 is 2. The number of hydrogen-bond donors (Lipinski definition) is 0. The van der Waals surface area contributed by atoms with Crippen LogP contribution in [0.5, 0.6) is 11.5 Å². The summed E-state index contributed by atoms with van der Waals surface area (Å²) in [5.74, 6) is 2.91. The van der Waals surface area contributed by atoms with Crippen molar-refractivity contribution in [2.75, 3.05) is 27.3 Å². The number of carbonyl (C=O) groups excluding carboxylic acids is 1. The van der Waals surface area contributed by atoms with Crippen LogP contribution in [0.25, 0.3) is 0 Å². The van der Waals surface area contributed by atoms with E-state index in [9.17, 15) is 4.79 Å². The van der Waals surface area contributed by atoms with Crippen molar-refractivity contribution in [3.05, 3.63) is 34.9 Å². The molecule has 1 aromatic carbocycles. The Hall–Kier alpha value is -1.85. The van der Waals surface area contributed by atoms with Crippen molar-refractivity contribution in [2.24, 2.45) is 16.7 Å². The maximum Gasteiger partial charge on any atom is 0.171 e. The van der Waals surface area contributed by atoms with E-state index in [0.29, 0.717) is 11.8 Å². The van der Waals surface area contributed by atoms with Crippen molar-refractivity contribution < 1.29 is 19.0 Å². The van der Waals surface area contributed by atoms with Gasteiger partial charge in [-0.2, -0.15) is 0 Å². The number of Topliss-reactive ketones (excluding diaryl/α,β-unsaturated/α-hetero) is 1. The SMILES string of the molecule is CC[C@]12C[C@@]34C=C(C1=O)[C@]2(OC)[C@@H]1Oc2c(OC)ccc5c2[C@@]13CCN(CC1CC1)[C@@H]4C5. The lowest BCUT2D eigenvalue weighted by Gasteiger charge is -2.78. The average Bonchev–Trinajstić information content (AvgIpc) is 3.56. The molecule has 7 aliphatic carbocycles. The second kappa shape index (κ2) is 5.28. The smallest absolute Gasteiger partial charge is 0.171 e. The highest BCUT2D eigenvalue weighted by molar-refractivity contribution is 6.13. The van der Waals surface area contributed by atoms with Crippen LogP contribution in [0.4, 0.5) is 0 Å². The first-order chi connectivity index (χ1) is 15.5. The van der Waals surface area contributed by atoms with Gasteiger partial charge in [0.2, 0.25) is 0 Å². The molecule has 5 heteroatoms. The van der Waals surface area contributed by atoms with Crippen molar-refractivity contribution in [2.45, 2.75) is 68.6 Å². The van der Waals surface area contributed by atoms with Gasteiger partial charge >= 0.3 is 0 Å². The number of ether oxygens (including phenoxy) is 3. The van der Waals surface area contributed by atoms with Crippen molar-refractivity contribution in [1.29, 1.82) is 0 Å². The number of nitrogens with zero attached hydrogens (tertiary/aromatic N) is 1. The molecule has 6 bridgehead atoms. The summed E-state index contributed by atoms with van der Waals surface area (Å²) in [7, 11) is 3.53. The van der Waals surface area contributed by atoms with Gasteiger partial charge in [-0.25, -0.2) is 0 Å². The van der Waals surface area contributed by atoms with E-state index in [1.54, 1.807) is 14.2 Å². The predicted octanol–water partition coefficient (Wildman–Crippen LogP) is 3.43. The molecule has 4 fully saturated rings. The molecule has 6 atom stereocenters. The van der Waals surface area contributed by atoms with Gasteiger partial charge in [0.05, 0.1) is 17.9 Å². The van der Waals surface area contributed by atoms with Gasteiger partial charge in [-0.3, -0.25) is 9.69 Å². The highest BCUT2D eigenvalue weighted by atomic mass is 16.6. The molecule has 2 aliphatic heterocycles. The predicted molar refractivity (Wildman–Crippen MR) is 118 cm³/mol. The normalized spacial score (nSPS) is 46.3. The van der Waals surface area contributed by atoms with E-state index in [1.807, 2.05) is 0 Å². The third kappa shape index (κ3) is 1.51. The Kier molecular flexibility index (Phi) is 3.06. The van der Waals surface area contributed by atoms with E-state index < -0.39 is 11.0 Å². The zero-order valence-corrected chi connectivity index (χ0v) is 19.2. The maximum absolute atomic E-state index is 13.6. The minimum Gasteiger partial charge on any atom is -0.493 e. The van der Waals surface area contributed by atoms with Gasteiger partial charge in [-0.1, -0.05) is 19.1 Å². The van der Waals surface area contributed by atoms with Gasteiger partial charge in [-0.05, 0) is 62.6 Å². The molecule has 1 saturated heterocycles. The van der Waals surface area contributed by atoms with Crippen LogP contribution in [0.1, 0.15) is 50.2 Å². The van der Waals surface area contributed by atoms with Crippen LogP contribution in [0.15, 0.2) is 23.8 Å². The molecular weight excluding hydrogens is 402 g/mol. The Labute approximate surface area is 189 Å². The summed E-state index contributed by atoms with van der Waals surface area (Å²) in [5.41, 5.74) is 2.41. The van der Waals surface area contributed by atoms with Gasteiger partial charge in [0.25, 0.3) is 0 Å². The van der Waals surface area contributed by atoms with Crippen LogP contribution in [0.3, 0.4) is 0 Å². The van der Waals surface area contributed by atoms with Crippen LogP contribution in [0, 0.1) is 16.7 Å². The Balaban J connectivity index is 1.45. The molecule has 2 heterocycles. The highest BCUT2D eigenvalue weighted by Crippen LogP contribution is 2.82. The first kappa shape index (κ1) is 18.6. The standard InChI is InChI=1S/C27H31NO4/c1-4-24-14-25-12-17(22(24)29)27(24,31-3)23-26(25)9-10-28(13-15-5-6-15)19(25)11-16-7-8-18(30-2)21(32-23)20(16)26/h7-8,12,15,19,23H,4-6,9-11,13-14H2,1-3H3/t19-,23-,24+,25-,26+,27+/m1/s1. The summed E-state index contributed by atoms with van der Waals surface area (Å²) in [6, 6.07) is 4.79. The quantitative estimate of drug-likeness (QED) is 0.712. The first-order valence-corrected chi connectivity index (χ1v) is 12.5. The van der Waals surface area contributed by atoms with Crippen LogP contribution in [-0.4, -0.2) is 55.7 Å². The zero-order chi connectivity index (χ0) is 21.7. The Morgan fingerprint density at radius 3 is 2.81 bits per heavy atom. The van der Waals surface area contributed by atoms with Crippen molar-refractivity contribution in [3.8, 4) is 11.5 Å². The molecule has 0 amide bonds. The molecule has 1 aromatic rings. The Morgan fingerprint density at radius 2 is 2.09 bits per heavy atom. The molecule has 3 saturated carbocycles. The number of benzene rings is 1. The zero-order valence-electron chi connectivity index (χ0n) is 19.2. The second-order valence-electron chi connectivity index (χ2n) is 11.5. The number of carbonyl (C=O) groups is 1. The molecule has 2 spiro atoms. The minimum absolute atomic E-state index is 0.0606.